The SMILES string of the molecule is C1=CC2c3ccccc3-c3ccccc3N(c3cc(-c4ccccn4)cc(-c4ccccn4)n3)C2C=C1. The summed E-state index contributed by atoms with van der Waals surface area (Å²) in [6.07, 6.45) is 12.5. The summed E-state index contributed by atoms with van der Waals surface area (Å²) in [5.41, 5.74) is 8.52. The first kappa shape index (κ1) is 21.5. The molecule has 0 saturated heterocycles. The molecule has 176 valence electrons. The third-order valence-corrected chi connectivity index (χ3v) is 7.12. The van der Waals surface area contributed by atoms with Crippen LogP contribution >= 0.6 is 0 Å². The molecule has 2 aromatic carbocycles. The fourth-order valence-electron chi connectivity index (χ4n) is 5.48. The van der Waals surface area contributed by atoms with Gasteiger partial charge in [0.05, 0.1) is 28.8 Å². The summed E-state index contributed by atoms with van der Waals surface area (Å²) in [6.45, 7) is 0. The van der Waals surface area contributed by atoms with Crippen LogP contribution < -0.4 is 4.90 Å². The Morgan fingerprint density at radius 2 is 1.30 bits per heavy atom. The highest BCUT2D eigenvalue weighted by atomic mass is 15.2. The van der Waals surface area contributed by atoms with Crippen LogP contribution in [0.1, 0.15) is 11.5 Å². The Bertz CT molecular complexity index is 1580. The Morgan fingerprint density at radius 1 is 0.595 bits per heavy atom. The molecule has 2 atom stereocenters. The average molecular weight is 477 g/mol. The van der Waals surface area contributed by atoms with Crippen LogP contribution in [0, 0.1) is 0 Å². The maximum Gasteiger partial charge on any atom is 0.135 e. The van der Waals surface area contributed by atoms with Gasteiger partial charge in [0.25, 0.3) is 0 Å². The van der Waals surface area contributed by atoms with Gasteiger partial charge >= 0.3 is 0 Å². The van der Waals surface area contributed by atoms with Crippen molar-refractivity contribution in [3.8, 4) is 33.8 Å². The summed E-state index contributed by atoms with van der Waals surface area (Å²) in [4.78, 5) is 16.9. The zero-order chi connectivity index (χ0) is 24.6. The van der Waals surface area contributed by atoms with Crippen molar-refractivity contribution >= 4 is 11.5 Å². The predicted molar refractivity (Wildman–Crippen MR) is 150 cm³/mol. The number of para-hydroxylation sites is 1. The Morgan fingerprint density at radius 3 is 2.11 bits per heavy atom. The van der Waals surface area contributed by atoms with Crippen LogP contribution in [0.2, 0.25) is 0 Å². The zero-order valence-electron chi connectivity index (χ0n) is 20.1. The van der Waals surface area contributed by atoms with Crippen LogP contribution in [0.3, 0.4) is 0 Å². The van der Waals surface area contributed by atoms with Gasteiger partial charge in [0.1, 0.15) is 5.82 Å². The quantitative estimate of drug-likeness (QED) is 0.269. The second-order valence-corrected chi connectivity index (χ2v) is 9.29. The van der Waals surface area contributed by atoms with E-state index in [-0.39, 0.29) is 12.0 Å². The monoisotopic (exact) mass is 476 g/mol. The largest absolute Gasteiger partial charge is 0.318 e. The maximum absolute atomic E-state index is 5.22. The number of fused-ring (bicyclic) bond motifs is 5. The van der Waals surface area contributed by atoms with Gasteiger partial charge in [-0.3, -0.25) is 9.97 Å². The number of hydrogen-bond donors (Lipinski definition) is 0. The highest BCUT2D eigenvalue weighted by molar-refractivity contribution is 5.87. The normalized spacial score (nSPS) is 17.5. The van der Waals surface area contributed by atoms with Crippen LogP contribution in [-0.4, -0.2) is 21.0 Å². The lowest BCUT2D eigenvalue weighted by molar-refractivity contribution is 0.692. The molecule has 3 aromatic heterocycles. The molecule has 0 amide bonds. The smallest absolute Gasteiger partial charge is 0.135 e. The highest BCUT2D eigenvalue weighted by Crippen LogP contribution is 2.48. The van der Waals surface area contributed by atoms with Crippen LogP contribution in [-0.2, 0) is 0 Å². The third-order valence-electron chi connectivity index (χ3n) is 7.12. The van der Waals surface area contributed by atoms with E-state index < -0.39 is 0 Å². The number of pyridine rings is 3. The summed E-state index contributed by atoms with van der Waals surface area (Å²) in [5.74, 6) is 1.06. The van der Waals surface area contributed by atoms with Crippen molar-refractivity contribution in [3.05, 3.63) is 139 Å². The summed E-state index contributed by atoms with van der Waals surface area (Å²) >= 11 is 0. The Hall–Kier alpha value is -4.83. The molecule has 7 rings (SSSR count). The van der Waals surface area contributed by atoms with Gasteiger partial charge < -0.3 is 4.90 Å². The van der Waals surface area contributed by atoms with E-state index in [1.54, 1.807) is 0 Å². The lowest BCUT2D eigenvalue weighted by atomic mass is 9.85. The van der Waals surface area contributed by atoms with E-state index in [0.717, 1.165) is 34.2 Å². The van der Waals surface area contributed by atoms with Gasteiger partial charge in [-0.1, -0.05) is 78.9 Å². The number of nitrogens with zero attached hydrogens (tertiary/aromatic N) is 4. The van der Waals surface area contributed by atoms with Crippen molar-refractivity contribution in [3.63, 3.8) is 0 Å². The predicted octanol–water partition coefficient (Wildman–Crippen LogP) is 7.60. The molecule has 4 nitrogen and oxygen atoms in total. The molecule has 0 fully saturated rings. The fraction of sp³-hybridized carbons (Fsp3) is 0.0606. The van der Waals surface area contributed by atoms with Gasteiger partial charge in [-0.05, 0) is 53.6 Å². The van der Waals surface area contributed by atoms with Crippen molar-refractivity contribution in [1.82, 2.24) is 15.0 Å². The van der Waals surface area contributed by atoms with Gasteiger partial charge in [-0.25, -0.2) is 4.98 Å². The molecular weight excluding hydrogens is 452 g/mol. The second-order valence-electron chi connectivity index (χ2n) is 9.29. The van der Waals surface area contributed by atoms with E-state index in [1.807, 2.05) is 48.8 Å². The molecule has 0 N–H and O–H groups in total. The van der Waals surface area contributed by atoms with Crippen LogP contribution in [0.4, 0.5) is 11.5 Å². The number of allylic oxidation sites excluding steroid dienone is 2. The molecule has 0 radical (unpaired) electrons. The Kier molecular flexibility index (Phi) is 5.21. The van der Waals surface area contributed by atoms with Crippen LogP contribution in [0.25, 0.3) is 33.8 Å². The highest BCUT2D eigenvalue weighted by Gasteiger charge is 2.35. The minimum atomic E-state index is 0.0675. The first-order valence-electron chi connectivity index (χ1n) is 12.5. The van der Waals surface area contributed by atoms with Crippen LogP contribution in [0.5, 0.6) is 0 Å². The molecule has 0 spiro atoms. The topological polar surface area (TPSA) is 41.9 Å². The number of aromatic nitrogens is 3. The summed E-state index contributed by atoms with van der Waals surface area (Å²) < 4.78 is 0. The fourth-order valence-corrected chi connectivity index (χ4v) is 5.48. The van der Waals surface area contributed by atoms with Gasteiger partial charge in [0.15, 0.2) is 0 Å². The third kappa shape index (κ3) is 3.74. The lowest BCUT2D eigenvalue weighted by Gasteiger charge is -2.35. The standard InChI is InChI=1S/C33H24N4/c1-2-12-25-24(11-1)26-13-3-5-17-31(26)37(32-18-6-4-14-27(25)32)33-22-23(28-15-7-9-19-34-28)21-30(36-33)29-16-8-10-20-35-29/h1-22,26,31H. The van der Waals surface area contributed by atoms with Gasteiger partial charge in [-0.15, -0.1) is 0 Å². The molecule has 2 aliphatic rings. The number of rotatable bonds is 3. The minimum Gasteiger partial charge on any atom is -0.318 e. The van der Waals surface area contributed by atoms with E-state index in [4.69, 9.17) is 4.98 Å². The lowest BCUT2D eigenvalue weighted by Crippen LogP contribution is -2.35. The summed E-state index contributed by atoms with van der Waals surface area (Å²) in [6, 6.07) is 33.7. The second kappa shape index (κ2) is 8.99. The number of hydrogen-bond acceptors (Lipinski definition) is 4. The Balaban J connectivity index is 1.50. The number of anilines is 2. The summed E-state index contributed by atoms with van der Waals surface area (Å²) in [7, 11) is 0. The van der Waals surface area contributed by atoms with Crippen molar-refractivity contribution in [2.45, 2.75) is 12.0 Å². The van der Waals surface area contributed by atoms with Gasteiger partial charge in [-0.2, -0.15) is 0 Å². The molecule has 4 heteroatoms. The Labute approximate surface area is 216 Å². The van der Waals surface area contributed by atoms with E-state index in [1.165, 1.54) is 16.7 Å². The molecule has 2 unspecified atom stereocenters. The molecule has 37 heavy (non-hydrogen) atoms. The van der Waals surface area contributed by atoms with Crippen LogP contribution in [0.15, 0.2) is 134 Å². The van der Waals surface area contributed by atoms with Crippen molar-refractivity contribution in [2.75, 3.05) is 4.90 Å². The first-order valence-corrected chi connectivity index (χ1v) is 12.5. The zero-order valence-corrected chi connectivity index (χ0v) is 20.1. The molecule has 1 aliphatic carbocycles. The number of benzene rings is 2. The molecular formula is C33H24N4. The minimum absolute atomic E-state index is 0.0675. The molecule has 1 aliphatic heterocycles. The van der Waals surface area contributed by atoms with Crippen molar-refractivity contribution in [1.29, 1.82) is 0 Å². The summed E-state index contributed by atoms with van der Waals surface area (Å²) in [5, 5.41) is 0. The maximum atomic E-state index is 5.22. The van der Waals surface area contributed by atoms with Gasteiger partial charge in [0.2, 0.25) is 0 Å². The molecule has 4 heterocycles. The van der Waals surface area contributed by atoms with E-state index in [0.29, 0.717) is 0 Å². The molecule has 0 bridgehead atoms. The van der Waals surface area contributed by atoms with Crippen molar-refractivity contribution < 1.29 is 0 Å². The molecule has 0 saturated carbocycles. The average Bonchev–Trinajstić information content (AvgIpc) is 3.11. The van der Waals surface area contributed by atoms with Gasteiger partial charge in [0, 0.05) is 29.4 Å². The van der Waals surface area contributed by atoms with E-state index >= 15 is 0 Å². The van der Waals surface area contributed by atoms with E-state index in [9.17, 15) is 0 Å². The van der Waals surface area contributed by atoms with E-state index in [2.05, 4.69) is 99.8 Å². The molecule has 5 aromatic rings. The first-order chi connectivity index (χ1) is 18.4. The van der Waals surface area contributed by atoms with Crippen molar-refractivity contribution in [2.24, 2.45) is 0 Å².